The second-order valence-corrected chi connectivity index (χ2v) is 12.2. The third kappa shape index (κ3) is 5.99. The lowest BCUT2D eigenvalue weighted by Gasteiger charge is -2.30. The van der Waals surface area contributed by atoms with Gasteiger partial charge in [-0.15, -0.1) is 0 Å². The number of carbonyl (C=O) groups is 4. The largest absolute Gasteiger partial charge is 0.379 e. The summed E-state index contributed by atoms with van der Waals surface area (Å²) in [5, 5.41) is 12.6. The number of imide groups is 1. The topological polar surface area (TPSA) is 161 Å². The van der Waals surface area contributed by atoms with E-state index in [0.717, 1.165) is 33.3 Å². The lowest BCUT2D eigenvalue weighted by Crippen LogP contribution is -2.52. The summed E-state index contributed by atoms with van der Waals surface area (Å²) in [6, 6.07) is 15.8. The number of fused-ring (bicyclic) bond motifs is 1. The van der Waals surface area contributed by atoms with Gasteiger partial charge in [-0.2, -0.15) is 13.4 Å². The summed E-state index contributed by atoms with van der Waals surface area (Å²) in [6.45, 7) is 2.95. The number of hydrazine groups is 1. The van der Waals surface area contributed by atoms with E-state index < -0.39 is 56.9 Å². The van der Waals surface area contributed by atoms with Crippen LogP contribution in [0.3, 0.4) is 0 Å². The van der Waals surface area contributed by atoms with E-state index in [9.17, 15) is 37.7 Å². The molecule has 2 atom stereocenters. The molecule has 1 saturated heterocycles. The van der Waals surface area contributed by atoms with Gasteiger partial charge < -0.3 is 4.18 Å². The number of hydrogen-bond acceptors (Lipinski definition) is 9. The van der Waals surface area contributed by atoms with Gasteiger partial charge in [-0.1, -0.05) is 29.3 Å². The second kappa shape index (κ2) is 11.8. The minimum atomic E-state index is -4.14. The first-order chi connectivity index (χ1) is 20.9. The van der Waals surface area contributed by atoms with Crippen molar-refractivity contribution in [3.05, 3.63) is 111 Å². The highest BCUT2D eigenvalue weighted by Crippen LogP contribution is 2.38. The molecular formula is C31H27N3O9S. The fraction of sp³-hybridized carbons (Fsp3) is 0.226. The van der Waals surface area contributed by atoms with Crippen molar-refractivity contribution in [2.24, 2.45) is 11.8 Å². The van der Waals surface area contributed by atoms with Crippen LogP contribution in [-0.2, 0) is 19.7 Å². The van der Waals surface area contributed by atoms with Crippen LogP contribution in [0.1, 0.15) is 46.0 Å². The van der Waals surface area contributed by atoms with E-state index in [-0.39, 0.29) is 27.5 Å². The molecule has 5 rings (SSSR count). The average molecular weight is 618 g/mol. The molecule has 3 amide bonds. The SMILES string of the molecule is CC1=CC[C@H]2C(=O)N(N(CC(=O)c3ccc(OS(=O)(=O)c4ccc(C)cc4)cc3)C(=O)c3ccc([N+](=O)[O-])cc3)C(=O)[C@H]2C1. The maximum Gasteiger partial charge on any atom is 0.339 e. The Labute approximate surface area is 252 Å². The maximum atomic E-state index is 13.7. The molecule has 226 valence electrons. The Morgan fingerprint density at radius 2 is 1.50 bits per heavy atom. The number of nitro groups is 1. The lowest BCUT2D eigenvalue weighted by atomic mass is 9.82. The molecule has 0 N–H and O–H groups in total. The smallest absolute Gasteiger partial charge is 0.339 e. The number of ketones is 1. The van der Waals surface area contributed by atoms with Crippen molar-refractivity contribution in [1.29, 1.82) is 0 Å². The van der Waals surface area contributed by atoms with Gasteiger partial charge in [-0.05, 0) is 75.2 Å². The van der Waals surface area contributed by atoms with Gasteiger partial charge in [0.05, 0.1) is 16.8 Å². The third-order valence-corrected chi connectivity index (χ3v) is 8.85. The van der Waals surface area contributed by atoms with Gasteiger partial charge in [-0.3, -0.25) is 29.3 Å². The van der Waals surface area contributed by atoms with Gasteiger partial charge in [0.15, 0.2) is 5.78 Å². The van der Waals surface area contributed by atoms with Crippen molar-refractivity contribution in [2.75, 3.05) is 6.54 Å². The zero-order valence-corrected chi connectivity index (χ0v) is 24.5. The van der Waals surface area contributed by atoms with Crippen molar-refractivity contribution in [2.45, 2.75) is 31.6 Å². The van der Waals surface area contributed by atoms with Crippen molar-refractivity contribution >= 4 is 39.3 Å². The average Bonchev–Trinajstić information content (AvgIpc) is 3.24. The number of allylic oxidation sites excluding steroid dienone is 2. The monoisotopic (exact) mass is 617 g/mol. The molecule has 1 fully saturated rings. The number of benzene rings is 3. The molecule has 0 radical (unpaired) electrons. The predicted molar refractivity (Wildman–Crippen MR) is 156 cm³/mol. The number of nitro benzene ring substituents is 1. The van der Waals surface area contributed by atoms with Crippen LogP contribution in [0, 0.1) is 28.9 Å². The fourth-order valence-corrected chi connectivity index (χ4v) is 6.10. The summed E-state index contributed by atoms with van der Waals surface area (Å²) in [7, 11) is -4.14. The van der Waals surface area contributed by atoms with Crippen molar-refractivity contribution in [3.8, 4) is 5.75 Å². The fourth-order valence-electron chi connectivity index (χ4n) is 5.17. The zero-order chi connectivity index (χ0) is 31.8. The summed E-state index contributed by atoms with van der Waals surface area (Å²) in [4.78, 5) is 64.4. The van der Waals surface area contributed by atoms with Crippen molar-refractivity contribution < 1.29 is 36.7 Å². The highest BCUT2D eigenvalue weighted by atomic mass is 32.2. The van der Waals surface area contributed by atoms with Crippen LogP contribution in [-0.4, -0.2) is 53.4 Å². The summed E-state index contributed by atoms with van der Waals surface area (Å²) in [6.07, 6.45) is 2.52. The van der Waals surface area contributed by atoms with Crippen LogP contribution >= 0.6 is 0 Å². The lowest BCUT2D eigenvalue weighted by molar-refractivity contribution is -0.384. The van der Waals surface area contributed by atoms with Crippen LogP contribution in [0.2, 0.25) is 0 Å². The van der Waals surface area contributed by atoms with E-state index in [0.29, 0.717) is 12.8 Å². The van der Waals surface area contributed by atoms with E-state index in [2.05, 4.69) is 0 Å². The maximum absolute atomic E-state index is 13.7. The van der Waals surface area contributed by atoms with Crippen LogP contribution < -0.4 is 4.18 Å². The molecule has 0 bridgehead atoms. The highest BCUT2D eigenvalue weighted by Gasteiger charge is 2.51. The molecule has 0 spiro atoms. The van der Waals surface area contributed by atoms with Crippen molar-refractivity contribution in [3.63, 3.8) is 0 Å². The Morgan fingerprint density at radius 1 is 0.909 bits per heavy atom. The molecule has 44 heavy (non-hydrogen) atoms. The van der Waals surface area contributed by atoms with E-state index in [1.165, 1.54) is 48.5 Å². The quantitative estimate of drug-likeness (QED) is 0.0853. The molecule has 3 aromatic rings. The molecule has 0 aromatic heterocycles. The highest BCUT2D eigenvalue weighted by molar-refractivity contribution is 7.87. The number of amides is 3. The predicted octanol–water partition coefficient (Wildman–Crippen LogP) is 4.25. The van der Waals surface area contributed by atoms with Gasteiger partial charge >= 0.3 is 10.1 Å². The third-order valence-electron chi connectivity index (χ3n) is 7.59. The Hall–Kier alpha value is -5.17. The Bertz CT molecular complexity index is 1800. The molecular weight excluding hydrogens is 590 g/mol. The van der Waals surface area contributed by atoms with Crippen LogP contribution in [0.5, 0.6) is 5.75 Å². The molecule has 13 heteroatoms. The Balaban J connectivity index is 1.40. The van der Waals surface area contributed by atoms with Crippen LogP contribution in [0.4, 0.5) is 5.69 Å². The van der Waals surface area contributed by atoms with Gasteiger partial charge in [-0.25, -0.2) is 5.01 Å². The number of non-ortho nitro benzene ring substituents is 1. The number of rotatable bonds is 9. The molecule has 0 unspecified atom stereocenters. The van der Waals surface area contributed by atoms with Gasteiger partial charge in [0.2, 0.25) is 0 Å². The number of Topliss-reactive ketones (excluding diaryl/α,β-unsaturated/α-hetero) is 1. The molecule has 0 saturated carbocycles. The molecule has 12 nitrogen and oxygen atoms in total. The number of aryl methyl sites for hydroxylation is 1. The minimum Gasteiger partial charge on any atom is -0.379 e. The summed E-state index contributed by atoms with van der Waals surface area (Å²) < 4.78 is 30.5. The minimum absolute atomic E-state index is 0.0467. The zero-order valence-electron chi connectivity index (χ0n) is 23.7. The molecule has 3 aromatic carbocycles. The van der Waals surface area contributed by atoms with E-state index in [4.69, 9.17) is 4.18 Å². The van der Waals surface area contributed by atoms with Crippen molar-refractivity contribution in [1.82, 2.24) is 10.0 Å². The van der Waals surface area contributed by atoms with Gasteiger partial charge in [0.1, 0.15) is 17.2 Å². The molecule has 2 aliphatic rings. The van der Waals surface area contributed by atoms with Crippen LogP contribution in [0.25, 0.3) is 0 Å². The first-order valence-corrected chi connectivity index (χ1v) is 15.0. The van der Waals surface area contributed by atoms with E-state index in [1.807, 2.05) is 19.9 Å². The van der Waals surface area contributed by atoms with Gasteiger partial charge in [0.25, 0.3) is 23.4 Å². The Kier molecular flexibility index (Phi) is 8.15. The van der Waals surface area contributed by atoms with Gasteiger partial charge in [0, 0.05) is 23.3 Å². The second-order valence-electron chi connectivity index (χ2n) is 10.7. The number of carbonyl (C=O) groups excluding carboxylic acids is 4. The summed E-state index contributed by atoms with van der Waals surface area (Å²) in [5.74, 6) is -4.17. The first kappa shape index (κ1) is 30.3. The Morgan fingerprint density at radius 3 is 2.11 bits per heavy atom. The van der Waals surface area contributed by atoms with Crippen LogP contribution in [0.15, 0.2) is 89.3 Å². The molecule has 1 aliphatic heterocycles. The standard InChI is InChI=1S/C31H27N3O9S/c1-19-3-14-25(15-4-19)44(41,42)43-24-12-8-21(9-13-24)28(35)18-32(29(36)22-6-10-23(11-7-22)34(39)40)33-30(37)26-16-5-20(2)17-27(26)31(33)38/h3-15,26-27H,16-18H2,1-2H3/t26-,27+/m1/s1. The molecule has 1 heterocycles. The molecule has 1 aliphatic carbocycles. The van der Waals surface area contributed by atoms with E-state index in [1.54, 1.807) is 12.1 Å². The summed E-state index contributed by atoms with van der Waals surface area (Å²) >= 11 is 0. The van der Waals surface area contributed by atoms with E-state index >= 15 is 0 Å². The first-order valence-electron chi connectivity index (χ1n) is 13.6. The normalized spacial score (nSPS) is 18.0. The number of nitrogens with zero attached hydrogens (tertiary/aromatic N) is 3. The number of hydrogen-bond donors (Lipinski definition) is 0. The summed E-state index contributed by atoms with van der Waals surface area (Å²) in [5.41, 5.74) is 1.52.